The van der Waals surface area contributed by atoms with E-state index in [0.29, 0.717) is 17.3 Å². The predicted molar refractivity (Wildman–Crippen MR) is 78.4 cm³/mol. The number of benzene rings is 2. The van der Waals surface area contributed by atoms with Crippen molar-refractivity contribution in [3.05, 3.63) is 59.6 Å². The maximum absolute atomic E-state index is 11.5. The van der Waals surface area contributed by atoms with Gasteiger partial charge in [-0.3, -0.25) is 5.32 Å². The van der Waals surface area contributed by atoms with Gasteiger partial charge in [-0.15, -0.1) is 0 Å². The molecule has 0 aliphatic heterocycles. The first-order valence-electron chi connectivity index (χ1n) is 6.12. The highest BCUT2D eigenvalue weighted by molar-refractivity contribution is 6.33. The summed E-state index contributed by atoms with van der Waals surface area (Å²) in [6, 6.07) is 16.3. The first kappa shape index (κ1) is 14.2. The van der Waals surface area contributed by atoms with Crippen LogP contribution in [-0.4, -0.2) is 19.3 Å². The zero-order valence-corrected chi connectivity index (χ0v) is 11.5. The van der Waals surface area contributed by atoms with Crippen LogP contribution in [0.1, 0.15) is 0 Å². The molecule has 0 saturated heterocycles. The van der Waals surface area contributed by atoms with Gasteiger partial charge in [0.15, 0.2) is 0 Å². The third-order valence-corrected chi connectivity index (χ3v) is 2.77. The minimum absolute atomic E-state index is 0.158. The van der Waals surface area contributed by atoms with Crippen molar-refractivity contribution in [3.8, 4) is 5.75 Å². The van der Waals surface area contributed by atoms with E-state index in [-0.39, 0.29) is 6.61 Å². The van der Waals surface area contributed by atoms with Crippen LogP contribution in [0.15, 0.2) is 54.6 Å². The Morgan fingerprint density at radius 3 is 2.45 bits per heavy atom. The molecule has 0 radical (unpaired) electrons. The fourth-order valence-electron chi connectivity index (χ4n) is 1.52. The smallest absolute Gasteiger partial charge is 0.411 e. The molecule has 0 aromatic heterocycles. The van der Waals surface area contributed by atoms with Crippen molar-refractivity contribution in [2.75, 3.05) is 18.5 Å². The monoisotopic (exact) mass is 291 g/mol. The van der Waals surface area contributed by atoms with Gasteiger partial charge in [-0.1, -0.05) is 41.9 Å². The molecule has 0 bridgehead atoms. The Balaban J connectivity index is 1.69. The van der Waals surface area contributed by atoms with E-state index in [0.717, 1.165) is 5.75 Å². The summed E-state index contributed by atoms with van der Waals surface area (Å²) in [6.07, 6.45) is -0.560. The molecule has 0 aliphatic carbocycles. The van der Waals surface area contributed by atoms with Crippen LogP contribution >= 0.6 is 11.6 Å². The topological polar surface area (TPSA) is 47.6 Å². The Labute approximate surface area is 122 Å². The largest absolute Gasteiger partial charge is 0.490 e. The van der Waals surface area contributed by atoms with Crippen LogP contribution in [0.4, 0.5) is 10.5 Å². The Bertz CT molecular complexity index is 560. The van der Waals surface area contributed by atoms with Gasteiger partial charge in [0.2, 0.25) is 0 Å². The SMILES string of the molecule is O=C(Nc1ccccc1Cl)OCCOc1ccccc1. The van der Waals surface area contributed by atoms with Gasteiger partial charge in [0.25, 0.3) is 0 Å². The maximum Gasteiger partial charge on any atom is 0.411 e. The summed E-state index contributed by atoms with van der Waals surface area (Å²) < 4.78 is 10.4. The fraction of sp³-hybridized carbons (Fsp3) is 0.133. The van der Waals surface area contributed by atoms with Gasteiger partial charge in [0.05, 0.1) is 10.7 Å². The second-order valence-electron chi connectivity index (χ2n) is 3.90. The molecule has 0 spiro atoms. The van der Waals surface area contributed by atoms with Gasteiger partial charge >= 0.3 is 6.09 Å². The molecule has 0 fully saturated rings. The molecule has 2 aromatic rings. The van der Waals surface area contributed by atoms with E-state index >= 15 is 0 Å². The molecule has 1 N–H and O–H groups in total. The van der Waals surface area contributed by atoms with Crippen molar-refractivity contribution >= 4 is 23.4 Å². The molecule has 2 aromatic carbocycles. The average Bonchev–Trinajstić information content (AvgIpc) is 2.47. The highest BCUT2D eigenvalue weighted by Gasteiger charge is 2.05. The summed E-state index contributed by atoms with van der Waals surface area (Å²) in [7, 11) is 0. The Kier molecular flexibility index (Phi) is 5.26. The number of rotatable bonds is 5. The third-order valence-electron chi connectivity index (χ3n) is 2.44. The second-order valence-corrected chi connectivity index (χ2v) is 4.31. The van der Waals surface area contributed by atoms with E-state index in [4.69, 9.17) is 21.1 Å². The summed E-state index contributed by atoms with van der Waals surface area (Å²) in [5, 5.41) is 3.02. The predicted octanol–water partition coefficient (Wildman–Crippen LogP) is 3.97. The van der Waals surface area contributed by atoms with E-state index in [1.165, 1.54) is 0 Å². The summed E-state index contributed by atoms with van der Waals surface area (Å²) in [4.78, 5) is 11.5. The highest BCUT2D eigenvalue weighted by atomic mass is 35.5. The van der Waals surface area contributed by atoms with Crippen molar-refractivity contribution in [3.63, 3.8) is 0 Å². The lowest BCUT2D eigenvalue weighted by Gasteiger charge is -2.09. The number of para-hydroxylation sites is 2. The van der Waals surface area contributed by atoms with E-state index in [9.17, 15) is 4.79 Å². The fourth-order valence-corrected chi connectivity index (χ4v) is 1.70. The molecule has 0 saturated carbocycles. The number of anilines is 1. The molecule has 5 heteroatoms. The zero-order valence-electron chi connectivity index (χ0n) is 10.7. The first-order valence-corrected chi connectivity index (χ1v) is 6.49. The van der Waals surface area contributed by atoms with Gasteiger partial charge in [-0.25, -0.2) is 4.79 Å². The van der Waals surface area contributed by atoms with Crippen molar-refractivity contribution in [2.45, 2.75) is 0 Å². The average molecular weight is 292 g/mol. The summed E-state index contributed by atoms with van der Waals surface area (Å²) in [5.74, 6) is 0.739. The van der Waals surface area contributed by atoms with Crippen LogP contribution in [0.25, 0.3) is 0 Å². The van der Waals surface area contributed by atoms with Crippen molar-refractivity contribution in [1.29, 1.82) is 0 Å². The molecule has 4 nitrogen and oxygen atoms in total. The van der Waals surface area contributed by atoms with Crippen LogP contribution in [0.5, 0.6) is 5.75 Å². The third kappa shape index (κ3) is 4.48. The van der Waals surface area contributed by atoms with Crippen LogP contribution < -0.4 is 10.1 Å². The van der Waals surface area contributed by atoms with Crippen LogP contribution in [0.3, 0.4) is 0 Å². The molecule has 0 atom stereocenters. The minimum atomic E-state index is -0.560. The summed E-state index contributed by atoms with van der Waals surface area (Å²) in [5.41, 5.74) is 0.517. The normalized spacial score (nSPS) is 9.85. The molecule has 0 aliphatic rings. The van der Waals surface area contributed by atoms with Gasteiger partial charge in [0, 0.05) is 0 Å². The Morgan fingerprint density at radius 2 is 1.70 bits per heavy atom. The Hall–Kier alpha value is -2.20. The molecular weight excluding hydrogens is 278 g/mol. The number of ether oxygens (including phenoxy) is 2. The number of amides is 1. The minimum Gasteiger partial charge on any atom is -0.490 e. The first-order chi connectivity index (χ1) is 9.75. The van der Waals surface area contributed by atoms with Gasteiger partial charge in [-0.2, -0.15) is 0 Å². The second kappa shape index (κ2) is 7.40. The van der Waals surface area contributed by atoms with Crippen LogP contribution in [0.2, 0.25) is 5.02 Å². The maximum atomic E-state index is 11.5. The van der Waals surface area contributed by atoms with E-state index in [1.807, 2.05) is 30.3 Å². The van der Waals surface area contributed by atoms with E-state index < -0.39 is 6.09 Å². The molecule has 20 heavy (non-hydrogen) atoms. The molecular formula is C15H14ClNO3. The van der Waals surface area contributed by atoms with Crippen molar-refractivity contribution in [2.24, 2.45) is 0 Å². The molecule has 1 amide bonds. The van der Waals surface area contributed by atoms with Crippen molar-refractivity contribution in [1.82, 2.24) is 0 Å². The zero-order chi connectivity index (χ0) is 14.2. The van der Waals surface area contributed by atoms with Crippen LogP contribution in [0, 0.1) is 0 Å². The lowest BCUT2D eigenvalue weighted by molar-refractivity contribution is 0.138. The summed E-state index contributed by atoms with van der Waals surface area (Å²) in [6.45, 7) is 0.450. The lowest BCUT2D eigenvalue weighted by Crippen LogP contribution is -2.17. The lowest BCUT2D eigenvalue weighted by atomic mass is 10.3. The standard InChI is InChI=1S/C15H14ClNO3/c16-13-8-4-5-9-14(13)17-15(18)20-11-10-19-12-6-2-1-3-7-12/h1-9H,10-11H2,(H,17,18). The quantitative estimate of drug-likeness (QED) is 0.848. The number of nitrogens with one attached hydrogen (secondary N) is 1. The number of carbonyl (C=O) groups is 1. The molecule has 0 unspecified atom stereocenters. The summed E-state index contributed by atoms with van der Waals surface area (Å²) >= 11 is 5.91. The van der Waals surface area contributed by atoms with E-state index in [1.54, 1.807) is 24.3 Å². The van der Waals surface area contributed by atoms with E-state index in [2.05, 4.69) is 5.32 Å². The number of hydrogen-bond acceptors (Lipinski definition) is 3. The number of halogens is 1. The van der Waals surface area contributed by atoms with Crippen molar-refractivity contribution < 1.29 is 14.3 Å². The van der Waals surface area contributed by atoms with Gasteiger partial charge in [-0.05, 0) is 24.3 Å². The molecule has 2 rings (SSSR count). The van der Waals surface area contributed by atoms with Crippen LogP contribution in [-0.2, 0) is 4.74 Å². The van der Waals surface area contributed by atoms with Gasteiger partial charge in [0.1, 0.15) is 19.0 Å². The van der Waals surface area contributed by atoms with Gasteiger partial charge < -0.3 is 9.47 Å². The molecule has 104 valence electrons. The molecule has 0 heterocycles. The number of hydrogen-bond donors (Lipinski definition) is 1. The Morgan fingerprint density at radius 1 is 1.00 bits per heavy atom. The highest BCUT2D eigenvalue weighted by Crippen LogP contribution is 2.20. The number of carbonyl (C=O) groups excluding carboxylic acids is 1.